The fraction of sp³-hybridized carbons (Fsp3) is 0.333. The molecule has 0 spiro atoms. The molecule has 0 atom stereocenters. The summed E-state index contributed by atoms with van der Waals surface area (Å²) in [4.78, 5) is 20.5. The fourth-order valence-corrected chi connectivity index (χ4v) is 2.91. The zero-order valence-corrected chi connectivity index (χ0v) is 13.6. The molecule has 0 radical (unpaired) electrons. The summed E-state index contributed by atoms with van der Waals surface area (Å²) in [5.41, 5.74) is 1.61. The number of anilines is 1. The molecular weight excluding hydrogens is 309 g/mol. The smallest absolute Gasteiger partial charge is 0.339 e. The first-order chi connectivity index (χ1) is 11.6. The molecule has 1 saturated heterocycles. The Hall–Kier alpha value is -2.47. The Bertz CT molecular complexity index is 726. The molecule has 1 aromatic heterocycles. The summed E-state index contributed by atoms with van der Waals surface area (Å²) in [6.07, 6.45) is 0. The Kier molecular flexibility index (Phi) is 4.76. The van der Waals surface area contributed by atoms with Crippen molar-refractivity contribution in [3.8, 4) is 11.3 Å². The second-order valence-corrected chi connectivity index (χ2v) is 5.80. The fourth-order valence-electron chi connectivity index (χ4n) is 2.91. The van der Waals surface area contributed by atoms with Gasteiger partial charge in [-0.3, -0.25) is 0 Å². The normalized spacial score (nSPS) is 15.5. The van der Waals surface area contributed by atoms with Crippen LogP contribution in [0.2, 0.25) is 0 Å². The van der Waals surface area contributed by atoms with E-state index in [9.17, 15) is 14.3 Å². The Morgan fingerprint density at radius 2 is 1.79 bits per heavy atom. The zero-order valence-electron chi connectivity index (χ0n) is 13.6. The lowest BCUT2D eigenvalue weighted by Crippen LogP contribution is -2.47. The summed E-state index contributed by atoms with van der Waals surface area (Å²) in [5, 5.41) is 9.47. The van der Waals surface area contributed by atoms with Crippen LogP contribution in [0, 0.1) is 5.82 Å². The van der Waals surface area contributed by atoms with E-state index >= 15 is 0 Å². The molecule has 6 heteroatoms. The lowest BCUT2D eigenvalue weighted by atomic mass is 10.1. The SMILES string of the molecule is CCN1CCN(c2nc(-c3ccc(F)cc3)ccc2C(=O)O)CC1. The molecule has 0 unspecified atom stereocenters. The van der Waals surface area contributed by atoms with Gasteiger partial charge >= 0.3 is 5.97 Å². The molecular formula is C18H20FN3O2. The molecule has 2 heterocycles. The number of carbonyl (C=O) groups is 1. The van der Waals surface area contributed by atoms with Crippen LogP contribution < -0.4 is 4.90 Å². The summed E-state index contributed by atoms with van der Waals surface area (Å²) in [7, 11) is 0. The molecule has 1 aliphatic heterocycles. The van der Waals surface area contributed by atoms with E-state index in [2.05, 4.69) is 16.8 Å². The van der Waals surface area contributed by atoms with Gasteiger partial charge in [-0.15, -0.1) is 0 Å². The number of halogens is 1. The maximum Gasteiger partial charge on any atom is 0.339 e. The minimum atomic E-state index is -0.985. The van der Waals surface area contributed by atoms with Crippen LogP contribution in [0.5, 0.6) is 0 Å². The number of aromatic nitrogens is 1. The Morgan fingerprint density at radius 1 is 1.12 bits per heavy atom. The van der Waals surface area contributed by atoms with Crippen molar-refractivity contribution in [3.63, 3.8) is 0 Å². The van der Waals surface area contributed by atoms with E-state index in [1.54, 1.807) is 24.3 Å². The Morgan fingerprint density at radius 3 is 2.38 bits per heavy atom. The van der Waals surface area contributed by atoms with Crippen molar-refractivity contribution in [1.29, 1.82) is 0 Å². The highest BCUT2D eigenvalue weighted by Crippen LogP contribution is 2.25. The van der Waals surface area contributed by atoms with Gasteiger partial charge in [-0.05, 0) is 42.9 Å². The number of likely N-dealkylation sites (N-methyl/N-ethyl adjacent to an activating group) is 1. The van der Waals surface area contributed by atoms with Crippen LogP contribution in [-0.4, -0.2) is 53.7 Å². The number of hydrogen-bond acceptors (Lipinski definition) is 4. The van der Waals surface area contributed by atoms with Gasteiger partial charge in [0.1, 0.15) is 17.2 Å². The summed E-state index contributed by atoms with van der Waals surface area (Å²) in [6.45, 7) is 6.37. The Balaban J connectivity index is 1.95. The molecule has 0 bridgehead atoms. The third-order valence-corrected chi connectivity index (χ3v) is 4.36. The van der Waals surface area contributed by atoms with Crippen molar-refractivity contribution in [2.75, 3.05) is 37.6 Å². The molecule has 5 nitrogen and oxygen atoms in total. The van der Waals surface area contributed by atoms with E-state index in [0.29, 0.717) is 11.5 Å². The highest BCUT2D eigenvalue weighted by atomic mass is 19.1. The minimum absolute atomic E-state index is 0.200. The first kappa shape index (κ1) is 16.4. The highest BCUT2D eigenvalue weighted by molar-refractivity contribution is 5.94. The van der Waals surface area contributed by atoms with Crippen molar-refractivity contribution >= 4 is 11.8 Å². The van der Waals surface area contributed by atoms with Crippen molar-refractivity contribution in [2.45, 2.75) is 6.92 Å². The lowest BCUT2D eigenvalue weighted by Gasteiger charge is -2.35. The summed E-state index contributed by atoms with van der Waals surface area (Å²) >= 11 is 0. The molecule has 1 aliphatic rings. The van der Waals surface area contributed by atoms with Gasteiger partial charge in [-0.25, -0.2) is 14.2 Å². The van der Waals surface area contributed by atoms with Crippen molar-refractivity contribution in [2.24, 2.45) is 0 Å². The van der Waals surface area contributed by atoms with Gasteiger partial charge in [0, 0.05) is 31.7 Å². The molecule has 1 fully saturated rings. The van der Waals surface area contributed by atoms with Gasteiger partial charge in [-0.1, -0.05) is 6.92 Å². The zero-order chi connectivity index (χ0) is 17.1. The Labute approximate surface area is 140 Å². The van der Waals surface area contributed by atoms with E-state index in [-0.39, 0.29) is 11.4 Å². The van der Waals surface area contributed by atoms with Crippen LogP contribution in [0.4, 0.5) is 10.2 Å². The van der Waals surface area contributed by atoms with Crippen LogP contribution in [0.15, 0.2) is 36.4 Å². The predicted octanol–water partition coefficient (Wildman–Crippen LogP) is 2.73. The number of rotatable bonds is 4. The molecule has 3 rings (SSSR count). The second kappa shape index (κ2) is 6.97. The third kappa shape index (κ3) is 3.38. The summed E-state index contributed by atoms with van der Waals surface area (Å²) in [6, 6.07) is 9.30. The van der Waals surface area contributed by atoms with Crippen molar-refractivity contribution in [1.82, 2.24) is 9.88 Å². The van der Waals surface area contributed by atoms with Crippen LogP contribution in [0.3, 0.4) is 0 Å². The summed E-state index contributed by atoms with van der Waals surface area (Å²) < 4.78 is 13.1. The van der Waals surface area contributed by atoms with Crippen molar-refractivity contribution < 1.29 is 14.3 Å². The highest BCUT2D eigenvalue weighted by Gasteiger charge is 2.22. The first-order valence-corrected chi connectivity index (χ1v) is 8.06. The lowest BCUT2D eigenvalue weighted by molar-refractivity contribution is 0.0697. The molecule has 1 N–H and O–H groups in total. The maximum atomic E-state index is 13.1. The number of carboxylic acid groups (broad SMARTS) is 1. The topological polar surface area (TPSA) is 56.7 Å². The number of pyridine rings is 1. The van der Waals surface area contributed by atoms with E-state index in [4.69, 9.17) is 0 Å². The van der Waals surface area contributed by atoms with Crippen LogP contribution in [0.25, 0.3) is 11.3 Å². The van der Waals surface area contributed by atoms with Crippen LogP contribution in [-0.2, 0) is 0 Å². The average Bonchev–Trinajstić information content (AvgIpc) is 2.62. The summed E-state index contributed by atoms with van der Waals surface area (Å²) in [5.74, 6) is -0.807. The number of carboxylic acids is 1. The number of hydrogen-bond donors (Lipinski definition) is 1. The van der Waals surface area contributed by atoms with E-state index in [1.807, 2.05) is 4.90 Å². The number of benzene rings is 1. The maximum absolute atomic E-state index is 13.1. The third-order valence-electron chi connectivity index (χ3n) is 4.36. The van der Waals surface area contributed by atoms with Gasteiger partial charge < -0.3 is 14.9 Å². The molecule has 0 amide bonds. The molecule has 24 heavy (non-hydrogen) atoms. The first-order valence-electron chi connectivity index (χ1n) is 8.06. The van der Waals surface area contributed by atoms with Crippen molar-refractivity contribution in [3.05, 3.63) is 47.8 Å². The van der Waals surface area contributed by atoms with Gasteiger partial charge in [0.15, 0.2) is 0 Å². The number of nitrogens with zero attached hydrogens (tertiary/aromatic N) is 3. The van der Waals surface area contributed by atoms with Gasteiger partial charge in [-0.2, -0.15) is 0 Å². The van der Waals surface area contributed by atoms with E-state index in [0.717, 1.165) is 38.3 Å². The standard InChI is InChI=1S/C18H20FN3O2/c1-2-21-9-11-22(12-10-21)17-15(18(23)24)7-8-16(20-17)13-3-5-14(19)6-4-13/h3-8H,2,9-12H2,1H3,(H,23,24). The molecule has 0 saturated carbocycles. The van der Waals surface area contributed by atoms with Gasteiger partial charge in [0.2, 0.25) is 0 Å². The minimum Gasteiger partial charge on any atom is -0.478 e. The van der Waals surface area contributed by atoms with E-state index in [1.165, 1.54) is 12.1 Å². The van der Waals surface area contributed by atoms with Gasteiger partial charge in [0.25, 0.3) is 0 Å². The van der Waals surface area contributed by atoms with Gasteiger partial charge in [0.05, 0.1) is 5.69 Å². The average molecular weight is 329 g/mol. The molecule has 126 valence electrons. The van der Waals surface area contributed by atoms with Crippen LogP contribution in [0.1, 0.15) is 17.3 Å². The number of piperazine rings is 1. The monoisotopic (exact) mass is 329 g/mol. The quantitative estimate of drug-likeness (QED) is 0.935. The van der Waals surface area contributed by atoms with E-state index < -0.39 is 5.97 Å². The molecule has 1 aromatic carbocycles. The molecule has 0 aliphatic carbocycles. The van der Waals surface area contributed by atoms with Crippen LogP contribution >= 0.6 is 0 Å². The second-order valence-electron chi connectivity index (χ2n) is 5.80. The largest absolute Gasteiger partial charge is 0.478 e. The molecule has 2 aromatic rings. The predicted molar refractivity (Wildman–Crippen MR) is 90.9 cm³/mol. The number of aromatic carboxylic acids is 1.